The highest BCUT2D eigenvalue weighted by molar-refractivity contribution is 5.84. The Bertz CT molecular complexity index is 1100. The summed E-state index contributed by atoms with van der Waals surface area (Å²) in [5, 5.41) is 0. The number of nitrogens with zero attached hydrogens (tertiary/aromatic N) is 4. The van der Waals surface area contributed by atoms with Crippen LogP contribution in [0.1, 0.15) is 86.1 Å². The first-order valence-electron chi connectivity index (χ1n) is 13.1. The molecule has 10 heteroatoms. The number of carbonyl (C=O) groups is 1. The maximum atomic E-state index is 14.3. The van der Waals surface area contributed by atoms with Crippen LogP contribution >= 0.6 is 0 Å². The van der Waals surface area contributed by atoms with E-state index < -0.39 is 23.5 Å². The van der Waals surface area contributed by atoms with Gasteiger partial charge < -0.3 is 15.5 Å². The number of amides is 1. The molecule has 0 radical (unpaired) electrons. The largest absolute Gasteiger partial charge is 0.419 e. The predicted molar refractivity (Wildman–Crippen MR) is 134 cm³/mol. The van der Waals surface area contributed by atoms with E-state index in [1.807, 2.05) is 0 Å². The van der Waals surface area contributed by atoms with Gasteiger partial charge in [0.25, 0.3) is 0 Å². The van der Waals surface area contributed by atoms with Crippen molar-refractivity contribution in [1.29, 1.82) is 0 Å². The molecular weight excluding hydrogens is 486 g/mol. The van der Waals surface area contributed by atoms with Gasteiger partial charge in [0.15, 0.2) is 0 Å². The van der Waals surface area contributed by atoms with Gasteiger partial charge in [-0.05, 0) is 55.8 Å². The Morgan fingerprint density at radius 1 is 1.16 bits per heavy atom. The van der Waals surface area contributed by atoms with Crippen molar-refractivity contribution in [2.24, 2.45) is 5.73 Å². The molecule has 1 fully saturated rings. The summed E-state index contributed by atoms with van der Waals surface area (Å²) in [4.78, 5) is 26.7. The summed E-state index contributed by atoms with van der Waals surface area (Å²) in [6.07, 6.45) is 0.634. The monoisotopic (exact) mass is 521 g/mol. The van der Waals surface area contributed by atoms with Gasteiger partial charge in [0.1, 0.15) is 18.0 Å². The molecule has 2 N–H and O–H groups in total. The van der Waals surface area contributed by atoms with Crippen molar-refractivity contribution in [3.8, 4) is 0 Å². The van der Waals surface area contributed by atoms with Crippen LogP contribution in [0, 0.1) is 5.82 Å². The molecule has 6 nitrogen and oxygen atoms in total. The molecule has 3 atom stereocenters. The van der Waals surface area contributed by atoms with Crippen LogP contribution in [0.2, 0.25) is 0 Å². The van der Waals surface area contributed by atoms with Crippen LogP contribution in [0.15, 0.2) is 24.5 Å². The lowest BCUT2D eigenvalue weighted by atomic mass is 9.90. The molecule has 1 aromatic carbocycles. The minimum Gasteiger partial charge on any atom is -0.353 e. The minimum atomic E-state index is -4.78. The van der Waals surface area contributed by atoms with Crippen LogP contribution < -0.4 is 10.6 Å². The Kier molecular flexibility index (Phi) is 8.36. The summed E-state index contributed by atoms with van der Waals surface area (Å²) in [7, 11) is 0. The molecule has 1 amide bonds. The number of unbranched alkanes of at least 4 members (excludes halogenated alkanes) is 1. The van der Waals surface area contributed by atoms with Gasteiger partial charge in [-0.1, -0.05) is 26.3 Å². The molecule has 1 saturated heterocycles. The summed E-state index contributed by atoms with van der Waals surface area (Å²) >= 11 is 0. The number of aromatic nitrogens is 2. The Balaban J connectivity index is 1.50. The van der Waals surface area contributed by atoms with E-state index in [4.69, 9.17) is 5.73 Å². The normalized spacial score (nSPS) is 20.7. The maximum Gasteiger partial charge on any atom is 0.419 e. The van der Waals surface area contributed by atoms with E-state index in [0.717, 1.165) is 36.5 Å². The Morgan fingerprint density at radius 2 is 1.89 bits per heavy atom. The first kappa shape index (κ1) is 27.3. The SMILES string of the molecule is CCC1CC(C)c2c1ncnc2N1CCN(C(=O)C(CCCCN)c2ccc(C(F)(F)F)c(F)c2)CC1. The van der Waals surface area contributed by atoms with E-state index in [9.17, 15) is 22.4 Å². The number of alkyl halides is 3. The van der Waals surface area contributed by atoms with E-state index in [-0.39, 0.29) is 11.5 Å². The quantitative estimate of drug-likeness (QED) is 0.382. The Morgan fingerprint density at radius 3 is 2.51 bits per heavy atom. The van der Waals surface area contributed by atoms with Gasteiger partial charge in [0.05, 0.1) is 17.2 Å². The van der Waals surface area contributed by atoms with Crippen LogP contribution in [0.5, 0.6) is 0 Å². The number of benzene rings is 1. The van der Waals surface area contributed by atoms with E-state index >= 15 is 0 Å². The van der Waals surface area contributed by atoms with E-state index in [2.05, 4.69) is 28.7 Å². The molecular formula is C27H35F4N5O. The van der Waals surface area contributed by atoms with E-state index in [0.29, 0.717) is 63.8 Å². The van der Waals surface area contributed by atoms with Gasteiger partial charge in [-0.3, -0.25) is 4.79 Å². The van der Waals surface area contributed by atoms with Gasteiger partial charge in [0, 0.05) is 37.7 Å². The first-order chi connectivity index (χ1) is 17.7. The number of piperazine rings is 1. The van der Waals surface area contributed by atoms with Crippen LogP contribution in [-0.2, 0) is 11.0 Å². The predicted octanol–water partition coefficient (Wildman–Crippen LogP) is 5.20. The summed E-state index contributed by atoms with van der Waals surface area (Å²) in [6, 6.07) is 2.81. The lowest BCUT2D eigenvalue weighted by Gasteiger charge is -2.38. The van der Waals surface area contributed by atoms with Crippen LogP contribution in [0.25, 0.3) is 0 Å². The molecule has 2 aromatic rings. The van der Waals surface area contributed by atoms with Crippen molar-refractivity contribution in [3.05, 3.63) is 52.7 Å². The van der Waals surface area contributed by atoms with Gasteiger partial charge in [0.2, 0.25) is 5.91 Å². The van der Waals surface area contributed by atoms with Crippen LogP contribution in [-0.4, -0.2) is 53.5 Å². The number of rotatable bonds is 8. The number of nitrogens with two attached hydrogens (primary N) is 1. The minimum absolute atomic E-state index is 0.192. The number of carbonyl (C=O) groups excluding carboxylic acids is 1. The van der Waals surface area contributed by atoms with Crippen molar-refractivity contribution in [1.82, 2.24) is 14.9 Å². The molecule has 0 spiro atoms. The topological polar surface area (TPSA) is 75.4 Å². The molecule has 4 rings (SSSR count). The van der Waals surface area contributed by atoms with Gasteiger partial charge in [-0.15, -0.1) is 0 Å². The number of hydrogen-bond acceptors (Lipinski definition) is 5. The summed E-state index contributed by atoms with van der Waals surface area (Å²) in [6.45, 7) is 6.92. The molecule has 1 aromatic heterocycles. The highest BCUT2D eigenvalue weighted by Gasteiger charge is 2.37. The number of hydrogen-bond donors (Lipinski definition) is 1. The van der Waals surface area contributed by atoms with E-state index in [1.54, 1.807) is 11.2 Å². The molecule has 0 bridgehead atoms. The standard InChI is InChI=1S/C27H35F4N5O/c1-3-18-14-17(2)23-24(18)33-16-34-25(23)35-10-12-36(13-11-35)26(37)20(6-4-5-9-32)19-7-8-21(22(28)15-19)27(29,30)31/h7-8,15-18,20H,3-6,9-14,32H2,1-2H3. The summed E-state index contributed by atoms with van der Waals surface area (Å²) in [5.74, 6) is -0.523. The maximum absolute atomic E-state index is 14.3. The van der Waals surface area contributed by atoms with Crippen molar-refractivity contribution in [3.63, 3.8) is 0 Å². The molecule has 2 heterocycles. The summed E-state index contributed by atoms with van der Waals surface area (Å²) < 4.78 is 53.5. The smallest absolute Gasteiger partial charge is 0.353 e. The molecule has 202 valence electrons. The summed E-state index contributed by atoms with van der Waals surface area (Å²) in [5.41, 5.74) is 6.88. The van der Waals surface area contributed by atoms with Crippen LogP contribution in [0.4, 0.5) is 23.4 Å². The molecule has 3 unspecified atom stereocenters. The van der Waals surface area contributed by atoms with Crippen molar-refractivity contribution in [2.45, 2.75) is 69.9 Å². The first-order valence-corrected chi connectivity index (χ1v) is 13.1. The second kappa shape index (κ2) is 11.3. The van der Waals surface area contributed by atoms with Crippen molar-refractivity contribution < 1.29 is 22.4 Å². The lowest BCUT2D eigenvalue weighted by Crippen LogP contribution is -2.50. The third kappa shape index (κ3) is 5.73. The average Bonchev–Trinajstić information content (AvgIpc) is 3.21. The third-order valence-electron chi connectivity index (χ3n) is 7.74. The fourth-order valence-corrected chi connectivity index (χ4v) is 5.73. The zero-order chi connectivity index (χ0) is 26.7. The fourth-order valence-electron chi connectivity index (χ4n) is 5.73. The molecule has 37 heavy (non-hydrogen) atoms. The number of anilines is 1. The molecule has 1 aliphatic carbocycles. The number of halogens is 4. The van der Waals surface area contributed by atoms with Crippen LogP contribution in [0.3, 0.4) is 0 Å². The highest BCUT2D eigenvalue weighted by Crippen LogP contribution is 2.45. The van der Waals surface area contributed by atoms with Crippen molar-refractivity contribution in [2.75, 3.05) is 37.6 Å². The van der Waals surface area contributed by atoms with Gasteiger partial charge in [-0.2, -0.15) is 13.2 Å². The molecule has 0 saturated carbocycles. The fraction of sp³-hybridized carbons (Fsp3) is 0.593. The molecule has 1 aliphatic heterocycles. The number of fused-ring (bicyclic) bond motifs is 1. The Labute approximate surface area is 215 Å². The van der Waals surface area contributed by atoms with E-state index in [1.165, 1.54) is 11.6 Å². The Hall–Kier alpha value is -2.75. The second-order valence-corrected chi connectivity index (χ2v) is 10.1. The van der Waals surface area contributed by atoms with Gasteiger partial charge >= 0.3 is 6.18 Å². The highest BCUT2D eigenvalue weighted by atomic mass is 19.4. The zero-order valence-electron chi connectivity index (χ0n) is 21.4. The average molecular weight is 522 g/mol. The zero-order valence-corrected chi connectivity index (χ0v) is 21.4. The lowest BCUT2D eigenvalue weighted by molar-refractivity contribution is -0.140. The van der Waals surface area contributed by atoms with Gasteiger partial charge in [-0.25, -0.2) is 14.4 Å². The second-order valence-electron chi connectivity index (χ2n) is 10.1. The third-order valence-corrected chi connectivity index (χ3v) is 7.74. The van der Waals surface area contributed by atoms with Crippen molar-refractivity contribution >= 4 is 11.7 Å². The molecule has 2 aliphatic rings.